The van der Waals surface area contributed by atoms with Crippen molar-refractivity contribution in [2.75, 3.05) is 4.90 Å². The number of anilines is 3. The van der Waals surface area contributed by atoms with Crippen LogP contribution >= 0.6 is 0 Å². The first-order valence-corrected chi connectivity index (χ1v) is 22.3. The Morgan fingerprint density at radius 2 is 0.688 bits per heavy atom. The van der Waals surface area contributed by atoms with Crippen LogP contribution in [0.5, 0.6) is 0 Å². The van der Waals surface area contributed by atoms with Crippen molar-refractivity contribution >= 4 is 39.0 Å². The molecule has 1 heterocycles. The largest absolute Gasteiger partial charge is 0.456 e. The van der Waals surface area contributed by atoms with E-state index >= 15 is 0 Å². The van der Waals surface area contributed by atoms with Crippen LogP contribution < -0.4 is 4.90 Å². The third-order valence-electron chi connectivity index (χ3n) is 14.6. The second-order valence-electron chi connectivity index (χ2n) is 17.5. The lowest BCUT2D eigenvalue weighted by Gasteiger charge is -2.48. The number of rotatable bonds is 4. The fourth-order valence-electron chi connectivity index (χ4n) is 12.1. The average molecular weight is 814 g/mol. The van der Waals surface area contributed by atoms with Crippen LogP contribution in [0.15, 0.2) is 241 Å². The predicted molar refractivity (Wildman–Crippen MR) is 262 cm³/mol. The second kappa shape index (κ2) is 13.2. The lowest BCUT2D eigenvalue weighted by Crippen LogP contribution is -2.43. The van der Waals surface area contributed by atoms with Gasteiger partial charge < -0.3 is 9.32 Å². The van der Waals surface area contributed by atoms with Gasteiger partial charge in [-0.15, -0.1) is 0 Å². The van der Waals surface area contributed by atoms with Gasteiger partial charge in [-0.25, -0.2) is 0 Å². The Morgan fingerprint density at radius 3 is 1.28 bits per heavy atom. The van der Waals surface area contributed by atoms with Crippen molar-refractivity contribution in [1.29, 1.82) is 0 Å². The SMILES string of the molecule is c1ccc(N(c2ccc(-c3ccc4c(c3)oc3ccccc34)cc2)c2ccc3c(c2)-c2ccccc2C32c3ccccc3C3(c4ccccc4-c4ccccc43)c3ccccc32)cc1. The van der Waals surface area contributed by atoms with Gasteiger partial charge in [-0.2, -0.15) is 0 Å². The highest BCUT2D eigenvalue weighted by Gasteiger charge is 2.58. The maximum absolute atomic E-state index is 6.28. The maximum Gasteiger partial charge on any atom is 0.136 e. The van der Waals surface area contributed by atoms with E-state index in [2.05, 4.69) is 229 Å². The van der Waals surface area contributed by atoms with Gasteiger partial charge in [0.25, 0.3) is 0 Å². The first-order valence-electron chi connectivity index (χ1n) is 22.3. The number of nitrogens with zero attached hydrogens (tertiary/aromatic N) is 1. The van der Waals surface area contributed by atoms with Crippen molar-refractivity contribution < 1.29 is 4.42 Å². The molecule has 10 aromatic carbocycles. The summed E-state index contributed by atoms with van der Waals surface area (Å²) in [6.07, 6.45) is 0. The smallest absolute Gasteiger partial charge is 0.136 e. The molecule has 0 atom stereocenters. The molecule has 1 aromatic heterocycles. The third kappa shape index (κ3) is 4.54. The molecule has 0 fully saturated rings. The number of furan rings is 1. The van der Waals surface area contributed by atoms with Crippen molar-refractivity contribution in [3.63, 3.8) is 0 Å². The molecule has 64 heavy (non-hydrogen) atoms. The Kier molecular flexibility index (Phi) is 7.28. The first kappa shape index (κ1) is 35.4. The van der Waals surface area contributed by atoms with Crippen LogP contribution in [-0.2, 0) is 10.8 Å². The first-order chi connectivity index (χ1) is 31.7. The minimum atomic E-state index is -0.532. The molecular formula is C62H39NO. The Bertz CT molecular complexity index is 3590. The van der Waals surface area contributed by atoms with Gasteiger partial charge in [0.2, 0.25) is 0 Å². The average Bonchev–Trinajstić information content (AvgIpc) is 3.99. The number of fused-ring (bicyclic) bond motifs is 19. The summed E-state index contributed by atoms with van der Waals surface area (Å²) in [6, 6.07) is 87.7. The fraction of sp³-hybridized carbons (Fsp3) is 0.0323. The molecule has 0 unspecified atom stereocenters. The molecule has 0 aliphatic heterocycles. The van der Waals surface area contributed by atoms with Crippen molar-refractivity contribution in [1.82, 2.24) is 0 Å². The van der Waals surface area contributed by atoms with E-state index in [-0.39, 0.29) is 0 Å². The highest BCUT2D eigenvalue weighted by atomic mass is 16.3. The van der Waals surface area contributed by atoms with E-state index in [1.54, 1.807) is 0 Å². The van der Waals surface area contributed by atoms with Crippen LogP contribution in [0, 0.1) is 0 Å². The standard InChI is InChI=1S/C62H39NO/c1-2-16-42(17-3-1)63(43-33-30-40(31-34-43)41-32-36-49-48-21-7-15-29-59(48)64-60(49)38-41)44-35-37-54-50(39-44)47-20-6-10-24-53(47)62(54)57-27-13-11-25-55(57)61(56-26-12-14-28-58(56)62)51-22-8-4-18-45(51)46-19-5-9-23-52(46)61/h1-39H. The maximum atomic E-state index is 6.28. The molecule has 3 aliphatic rings. The lowest BCUT2D eigenvalue weighted by atomic mass is 9.52. The lowest BCUT2D eigenvalue weighted by molar-refractivity contribution is 0.633. The number of hydrogen-bond acceptors (Lipinski definition) is 2. The molecule has 2 spiro atoms. The molecule has 0 bridgehead atoms. The Labute approximate surface area is 372 Å². The number of para-hydroxylation sites is 2. The van der Waals surface area contributed by atoms with Gasteiger partial charge in [0.1, 0.15) is 11.2 Å². The van der Waals surface area contributed by atoms with Crippen LogP contribution in [-0.4, -0.2) is 0 Å². The summed E-state index contributed by atoms with van der Waals surface area (Å²) in [4.78, 5) is 2.39. The highest BCUT2D eigenvalue weighted by Crippen LogP contribution is 2.67. The fourth-order valence-corrected chi connectivity index (χ4v) is 12.1. The molecule has 2 heteroatoms. The van der Waals surface area contributed by atoms with Gasteiger partial charge in [0, 0.05) is 27.8 Å². The summed E-state index contributed by atoms with van der Waals surface area (Å²) in [5.41, 5.74) is 22.3. The molecule has 3 aliphatic carbocycles. The van der Waals surface area contributed by atoms with Crippen LogP contribution in [0.1, 0.15) is 44.5 Å². The van der Waals surface area contributed by atoms with Crippen molar-refractivity contribution in [3.05, 3.63) is 281 Å². The molecular weight excluding hydrogens is 775 g/mol. The summed E-state index contributed by atoms with van der Waals surface area (Å²) in [5.74, 6) is 0. The Morgan fingerprint density at radius 1 is 0.266 bits per heavy atom. The number of benzene rings is 10. The second-order valence-corrected chi connectivity index (χ2v) is 17.5. The van der Waals surface area contributed by atoms with Crippen LogP contribution in [0.3, 0.4) is 0 Å². The van der Waals surface area contributed by atoms with Crippen molar-refractivity contribution in [2.45, 2.75) is 10.8 Å². The van der Waals surface area contributed by atoms with E-state index in [1.807, 2.05) is 12.1 Å². The predicted octanol–water partition coefficient (Wildman–Crippen LogP) is 15.8. The van der Waals surface area contributed by atoms with Crippen molar-refractivity contribution in [3.8, 4) is 33.4 Å². The zero-order valence-electron chi connectivity index (χ0n) is 34.9. The monoisotopic (exact) mass is 813 g/mol. The topological polar surface area (TPSA) is 16.4 Å². The van der Waals surface area contributed by atoms with Crippen LogP contribution in [0.4, 0.5) is 17.1 Å². The van der Waals surface area contributed by atoms with E-state index in [9.17, 15) is 0 Å². The van der Waals surface area contributed by atoms with E-state index in [0.29, 0.717) is 0 Å². The number of hydrogen-bond donors (Lipinski definition) is 0. The molecule has 298 valence electrons. The molecule has 11 aromatic rings. The van der Waals surface area contributed by atoms with E-state index < -0.39 is 10.8 Å². The zero-order chi connectivity index (χ0) is 42.0. The quantitative estimate of drug-likeness (QED) is 0.176. The van der Waals surface area contributed by atoms with Gasteiger partial charge >= 0.3 is 0 Å². The van der Waals surface area contributed by atoms with E-state index in [0.717, 1.165) is 50.1 Å². The summed E-state index contributed by atoms with van der Waals surface area (Å²) in [5, 5.41) is 2.28. The normalized spacial score (nSPS) is 14.2. The van der Waals surface area contributed by atoms with Gasteiger partial charge in [-0.05, 0) is 132 Å². The van der Waals surface area contributed by atoms with E-state index in [4.69, 9.17) is 4.42 Å². The Balaban J connectivity index is 0.957. The van der Waals surface area contributed by atoms with Gasteiger partial charge in [-0.1, -0.05) is 182 Å². The van der Waals surface area contributed by atoms with Crippen LogP contribution in [0.2, 0.25) is 0 Å². The Hall–Kier alpha value is -8.20. The van der Waals surface area contributed by atoms with Gasteiger partial charge in [-0.3, -0.25) is 0 Å². The molecule has 0 amide bonds. The van der Waals surface area contributed by atoms with E-state index in [1.165, 1.54) is 66.8 Å². The summed E-state index contributed by atoms with van der Waals surface area (Å²) in [7, 11) is 0. The minimum absolute atomic E-state index is 0.461. The zero-order valence-corrected chi connectivity index (χ0v) is 34.9. The molecule has 0 radical (unpaired) electrons. The van der Waals surface area contributed by atoms with Gasteiger partial charge in [0.15, 0.2) is 0 Å². The molecule has 0 N–H and O–H groups in total. The minimum Gasteiger partial charge on any atom is -0.456 e. The third-order valence-corrected chi connectivity index (χ3v) is 14.6. The summed E-state index contributed by atoms with van der Waals surface area (Å²) >= 11 is 0. The van der Waals surface area contributed by atoms with Gasteiger partial charge in [0.05, 0.1) is 10.8 Å². The highest BCUT2D eigenvalue weighted by molar-refractivity contribution is 6.06. The summed E-state index contributed by atoms with van der Waals surface area (Å²) in [6.45, 7) is 0. The van der Waals surface area contributed by atoms with Crippen LogP contribution in [0.25, 0.3) is 55.3 Å². The van der Waals surface area contributed by atoms with Crippen molar-refractivity contribution in [2.24, 2.45) is 0 Å². The summed E-state index contributed by atoms with van der Waals surface area (Å²) < 4.78 is 6.28. The molecule has 14 rings (SSSR count). The molecule has 2 nitrogen and oxygen atoms in total. The molecule has 0 saturated heterocycles. The molecule has 0 saturated carbocycles.